The molecule has 5 aliphatic heterocycles. The summed E-state index contributed by atoms with van der Waals surface area (Å²) in [5.74, 6) is 0.552. The van der Waals surface area contributed by atoms with Gasteiger partial charge in [-0.2, -0.15) is 0 Å². The number of rotatable bonds is 8. The molecular formula is C28H47NO6. The van der Waals surface area contributed by atoms with Gasteiger partial charge in [0.2, 0.25) is 0 Å². The SMILES string of the molecule is C=C1COC(CCC2CCC([C@H]3CC(O)[C@H]4OC(CC(O)CC5CCN(C)[C@H]5C)CCC4O3)O2)C1. The Morgan fingerprint density at radius 3 is 2.46 bits per heavy atom. The van der Waals surface area contributed by atoms with Crippen LogP contribution in [0.1, 0.15) is 77.6 Å². The quantitative estimate of drug-likeness (QED) is 0.503. The Labute approximate surface area is 211 Å². The van der Waals surface area contributed by atoms with Gasteiger partial charge in [-0.25, -0.2) is 0 Å². The van der Waals surface area contributed by atoms with Crippen molar-refractivity contribution in [3.63, 3.8) is 0 Å². The van der Waals surface area contributed by atoms with Crippen molar-refractivity contribution in [3.05, 3.63) is 12.2 Å². The van der Waals surface area contributed by atoms with E-state index in [1.165, 1.54) is 5.57 Å². The van der Waals surface area contributed by atoms with E-state index in [1.807, 2.05) is 0 Å². The molecule has 5 fully saturated rings. The number of aliphatic hydroxyl groups is 2. The zero-order valence-electron chi connectivity index (χ0n) is 21.7. The van der Waals surface area contributed by atoms with Crippen molar-refractivity contribution in [1.82, 2.24) is 4.90 Å². The van der Waals surface area contributed by atoms with Crippen molar-refractivity contribution >= 4 is 0 Å². The van der Waals surface area contributed by atoms with Crippen molar-refractivity contribution in [1.29, 1.82) is 0 Å². The molecule has 8 unspecified atom stereocenters. The molecule has 5 rings (SSSR count). The maximum absolute atomic E-state index is 11.0. The van der Waals surface area contributed by atoms with E-state index < -0.39 is 6.10 Å². The molecule has 0 aliphatic carbocycles. The van der Waals surface area contributed by atoms with E-state index in [-0.39, 0.29) is 42.7 Å². The predicted octanol–water partition coefficient (Wildman–Crippen LogP) is 3.21. The summed E-state index contributed by atoms with van der Waals surface area (Å²) in [5, 5.41) is 21.7. The molecule has 200 valence electrons. The van der Waals surface area contributed by atoms with Gasteiger partial charge in [0.1, 0.15) is 6.10 Å². The van der Waals surface area contributed by atoms with Gasteiger partial charge in [-0.3, -0.25) is 0 Å². The van der Waals surface area contributed by atoms with Crippen LogP contribution in [0, 0.1) is 5.92 Å². The number of nitrogens with zero attached hydrogens (tertiary/aromatic N) is 1. The van der Waals surface area contributed by atoms with Gasteiger partial charge in [0, 0.05) is 12.5 Å². The maximum Gasteiger partial charge on any atom is 0.110 e. The number of hydrogen-bond donors (Lipinski definition) is 2. The van der Waals surface area contributed by atoms with Gasteiger partial charge in [0.05, 0.1) is 55.4 Å². The van der Waals surface area contributed by atoms with Crippen LogP contribution < -0.4 is 0 Å². The van der Waals surface area contributed by atoms with Crippen LogP contribution in [-0.2, 0) is 18.9 Å². The molecule has 0 bridgehead atoms. The van der Waals surface area contributed by atoms with Crippen molar-refractivity contribution in [3.8, 4) is 0 Å². The third-order valence-electron chi connectivity index (χ3n) is 9.44. The van der Waals surface area contributed by atoms with Crippen LogP contribution in [-0.4, -0.2) is 96.3 Å². The molecule has 7 heteroatoms. The van der Waals surface area contributed by atoms with E-state index in [1.54, 1.807) is 0 Å². The van der Waals surface area contributed by atoms with E-state index in [0.29, 0.717) is 37.5 Å². The first-order valence-corrected chi connectivity index (χ1v) is 14.2. The highest BCUT2D eigenvalue weighted by atomic mass is 16.6. The summed E-state index contributed by atoms with van der Waals surface area (Å²) in [4.78, 5) is 2.38. The second-order valence-electron chi connectivity index (χ2n) is 12.0. The highest BCUT2D eigenvalue weighted by Gasteiger charge is 2.46. The van der Waals surface area contributed by atoms with Gasteiger partial charge >= 0.3 is 0 Å². The van der Waals surface area contributed by atoms with Crippen molar-refractivity contribution in [2.75, 3.05) is 20.2 Å². The molecule has 0 aromatic heterocycles. The number of aliphatic hydroxyl groups excluding tert-OH is 2. The topological polar surface area (TPSA) is 80.6 Å². The Morgan fingerprint density at radius 1 is 0.943 bits per heavy atom. The molecule has 0 aromatic carbocycles. The van der Waals surface area contributed by atoms with Crippen LogP contribution in [0.5, 0.6) is 0 Å². The smallest absolute Gasteiger partial charge is 0.110 e. The number of fused-ring (bicyclic) bond motifs is 1. The van der Waals surface area contributed by atoms with Crippen LogP contribution in [0.25, 0.3) is 0 Å². The zero-order chi connectivity index (χ0) is 24.5. The third kappa shape index (κ3) is 6.31. The molecule has 2 N–H and O–H groups in total. The molecule has 0 amide bonds. The Hall–Kier alpha value is -0.540. The van der Waals surface area contributed by atoms with Crippen LogP contribution in [0.4, 0.5) is 0 Å². The Kier molecular flexibility index (Phi) is 8.54. The van der Waals surface area contributed by atoms with Gasteiger partial charge in [-0.15, -0.1) is 0 Å². The first-order chi connectivity index (χ1) is 16.9. The zero-order valence-corrected chi connectivity index (χ0v) is 21.7. The van der Waals surface area contributed by atoms with Crippen molar-refractivity contribution in [2.45, 2.75) is 139 Å². The molecule has 0 saturated carbocycles. The number of likely N-dealkylation sites (tertiary alicyclic amines) is 1. The lowest BCUT2D eigenvalue weighted by Crippen LogP contribution is -2.56. The Bertz CT molecular complexity index is 720. The Balaban J connectivity index is 1.05. The summed E-state index contributed by atoms with van der Waals surface area (Å²) < 4.78 is 24.9. The summed E-state index contributed by atoms with van der Waals surface area (Å²) in [7, 11) is 2.17. The van der Waals surface area contributed by atoms with Gasteiger partial charge in [-0.05, 0) is 96.2 Å². The van der Waals surface area contributed by atoms with E-state index in [4.69, 9.17) is 18.9 Å². The molecule has 5 aliphatic rings. The second kappa shape index (κ2) is 11.5. The molecule has 0 radical (unpaired) electrons. The first kappa shape index (κ1) is 26.1. The highest BCUT2D eigenvalue weighted by molar-refractivity contribution is 5.02. The molecule has 11 atom stereocenters. The standard InChI is InChI=1S/C28H47NO6/c1-17-12-22(32-16-17)5-4-21-6-8-25(33-21)27-15-24(31)28-26(35-27)9-7-23(34-28)14-20(30)13-19-10-11-29(3)18(19)2/h18-28,30-31H,1,4-16H2,2-3H3/t18-,19?,20?,21?,22?,23?,24?,25?,26?,27+,28+/m0/s1. The summed E-state index contributed by atoms with van der Waals surface area (Å²) in [6, 6.07) is 0.528. The average Bonchev–Trinajstić information content (AvgIpc) is 3.55. The minimum absolute atomic E-state index is 0.00325. The van der Waals surface area contributed by atoms with Crippen LogP contribution >= 0.6 is 0 Å². The van der Waals surface area contributed by atoms with Gasteiger partial charge in [0.15, 0.2) is 0 Å². The fraction of sp³-hybridized carbons (Fsp3) is 0.929. The summed E-state index contributed by atoms with van der Waals surface area (Å²) in [6.45, 7) is 8.10. The molecule has 0 spiro atoms. The minimum Gasteiger partial charge on any atom is -0.393 e. The predicted molar refractivity (Wildman–Crippen MR) is 133 cm³/mol. The molecule has 35 heavy (non-hydrogen) atoms. The van der Waals surface area contributed by atoms with Gasteiger partial charge < -0.3 is 34.1 Å². The minimum atomic E-state index is -0.539. The van der Waals surface area contributed by atoms with E-state index >= 15 is 0 Å². The highest BCUT2D eigenvalue weighted by Crippen LogP contribution is 2.38. The normalized spacial score (nSPS) is 45.7. The second-order valence-corrected chi connectivity index (χ2v) is 12.0. The largest absolute Gasteiger partial charge is 0.393 e. The third-order valence-corrected chi connectivity index (χ3v) is 9.44. The molecular weight excluding hydrogens is 446 g/mol. The number of ether oxygens (including phenoxy) is 4. The van der Waals surface area contributed by atoms with Crippen molar-refractivity contribution < 1.29 is 29.2 Å². The van der Waals surface area contributed by atoms with Crippen LogP contribution in [0.3, 0.4) is 0 Å². The van der Waals surface area contributed by atoms with E-state index in [9.17, 15) is 10.2 Å². The first-order valence-electron chi connectivity index (χ1n) is 14.2. The summed E-state index contributed by atoms with van der Waals surface area (Å²) in [6.07, 6.45) is 9.29. The fourth-order valence-corrected chi connectivity index (χ4v) is 7.13. The monoisotopic (exact) mass is 493 g/mol. The lowest BCUT2D eigenvalue weighted by atomic mass is 9.87. The van der Waals surface area contributed by atoms with Gasteiger partial charge in [-0.1, -0.05) is 6.58 Å². The molecule has 7 nitrogen and oxygen atoms in total. The lowest BCUT2D eigenvalue weighted by molar-refractivity contribution is -0.245. The van der Waals surface area contributed by atoms with Crippen LogP contribution in [0.15, 0.2) is 12.2 Å². The fourth-order valence-electron chi connectivity index (χ4n) is 7.13. The van der Waals surface area contributed by atoms with E-state index in [2.05, 4.69) is 25.5 Å². The van der Waals surface area contributed by atoms with Crippen molar-refractivity contribution in [2.24, 2.45) is 5.92 Å². The molecule has 0 aromatic rings. The summed E-state index contributed by atoms with van der Waals surface area (Å²) >= 11 is 0. The lowest BCUT2D eigenvalue weighted by Gasteiger charge is -2.46. The average molecular weight is 494 g/mol. The Morgan fingerprint density at radius 2 is 1.71 bits per heavy atom. The number of hydrogen-bond acceptors (Lipinski definition) is 7. The van der Waals surface area contributed by atoms with Gasteiger partial charge in [0.25, 0.3) is 0 Å². The van der Waals surface area contributed by atoms with E-state index in [0.717, 1.165) is 64.3 Å². The molecule has 5 heterocycles. The molecule has 5 saturated heterocycles. The van der Waals surface area contributed by atoms with Crippen LogP contribution in [0.2, 0.25) is 0 Å². The summed E-state index contributed by atoms with van der Waals surface area (Å²) in [5.41, 5.74) is 1.20. The maximum atomic E-state index is 11.0.